The Bertz CT molecular complexity index is 353. The zero-order valence-corrected chi connectivity index (χ0v) is 8.00. The fourth-order valence-electron chi connectivity index (χ4n) is 1.41. The highest BCUT2D eigenvalue weighted by atomic mass is 16.2. The normalized spacial score (nSPS) is 14.5. The van der Waals surface area contributed by atoms with Crippen LogP contribution in [0, 0.1) is 13.8 Å². The number of hydrogen-bond donors (Lipinski definition) is 0. The van der Waals surface area contributed by atoms with Crippen LogP contribution in [0.3, 0.4) is 0 Å². The molecule has 0 aliphatic carbocycles. The van der Waals surface area contributed by atoms with Gasteiger partial charge in [-0.15, -0.1) is 0 Å². The summed E-state index contributed by atoms with van der Waals surface area (Å²) in [7, 11) is 0. The summed E-state index contributed by atoms with van der Waals surface area (Å²) in [5.74, 6) is 0.182. The first-order valence-corrected chi connectivity index (χ1v) is 4.55. The van der Waals surface area contributed by atoms with Crippen molar-refractivity contribution in [2.75, 3.05) is 13.1 Å². The van der Waals surface area contributed by atoms with Crippen LogP contribution >= 0.6 is 0 Å². The number of benzene rings is 1. The summed E-state index contributed by atoms with van der Waals surface area (Å²) in [5.41, 5.74) is 3.16. The van der Waals surface area contributed by atoms with Crippen molar-refractivity contribution < 1.29 is 4.79 Å². The van der Waals surface area contributed by atoms with E-state index in [2.05, 4.69) is 0 Å². The number of carbonyl (C=O) groups is 1. The average Bonchev–Trinajstić information content (AvgIpc) is 2.91. The van der Waals surface area contributed by atoms with Crippen LogP contribution in [0.5, 0.6) is 0 Å². The van der Waals surface area contributed by atoms with Gasteiger partial charge in [0.1, 0.15) is 0 Å². The maximum Gasteiger partial charge on any atom is 0.254 e. The molecule has 1 heterocycles. The molecular formula is C11H13NO. The van der Waals surface area contributed by atoms with Crippen LogP contribution < -0.4 is 0 Å². The van der Waals surface area contributed by atoms with E-state index in [1.165, 1.54) is 5.56 Å². The van der Waals surface area contributed by atoms with Crippen molar-refractivity contribution in [3.05, 3.63) is 34.9 Å². The van der Waals surface area contributed by atoms with Crippen molar-refractivity contribution in [1.82, 2.24) is 4.90 Å². The van der Waals surface area contributed by atoms with Gasteiger partial charge in [0.15, 0.2) is 0 Å². The van der Waals surface area contributed by atoms with E-state index in [9.17, 15) is 4.79 Å². The van der Waals surface area contributed by atoms with Crippen molar-refractivity contribution in [3.8, 4) is 0 Å². The zero-order chi connectivity index (χ0) is 9.42. The molecule has 1 saturated heterocycles. The third kappa shape index (κ3) is 1.44. The molecule has 0 bridgehead atoms. The Hall–Kier alpha value is -1.31. The van der Waals surface area contributed by atoms with Crippen molar-refractivity contribution >= 4 is 5.91 Å². The van der Waals surface area contributed by atoms with Gasteiger partial charge in [-0.3, -0.25) is 4.79 Å². The van der Waals surface area contributed by atoms with E-state index < -0.39 is 0 Å². The van der Waals surface area contributed by atoms with Gasteiger partial charge in [0, 0.05) is 18.7 Å². The molecule has 68 valence electrons. The molecule has 0 spiro atoms. The molecule has 0 aromatic heterocycles. The number of hydrogen-bond acceptors (Lipinski definition) is 1. The molecule has 0 radical (unpaired) electrons. The van der Waals surface area contributed by atoms with E-state index in [4.69, 9.17) is 0 Å². The molecule has 1 aliphatic heterocycles. The van der Waals surface area contributed by atoms with Gasteiger partial charge in [-0.05, 0) is 31.0 Å². The van der Waals surface area contributed by atoms with Crippen LogP contribution in [0.2, 0.25) is 0 Å². The van der Waals surface area contributed by atoms with Crippen molar-refractivity contribution in [2.45, 2.75) is 13.8 Å². The number of carbonyl (C=O) groups excluding carboxylic acids is 1. The van der Waals surface area contributed by atoms with Gasteiger partial charge in [-0.2, -0.15) is 0 Å². The van der Waals surface area contributed by atoms with Crippen LogP contribution in [0.1, 0.15) is 21.5 Å². The molecule has 2 rings (SSSR count). The number of nitrogens with zero attached hydrogens (tertiary/aromatic N) is 1. The monoisotopic (exact) mass is 175 g/mol. The quantitative estimate of drug-likeness (QED) is 0.595. The second-order valence-electron chi connectivity index (χ2n) is 3.54. The van der Waals surface area contributed by atoms with Gasteiger partial charge < -0.3 is 4.90 Å². The lowest BCUT2D eigenvalue weighted by atomic mass is 10.0. The summed E-state index contributed by atoms with van der Waals surface area (Å²) in [6, 6.07) is 5.89. The third-order valence-corrected chi connectivity index (χ3v) is 2.57. The SMILES string of the molecule is Cc1cccc(C(=O)N2CC2)c1C. The molecule has 1 aromatic carbocycles. The average molecular weight is 175 g/mol. The smallest absolute Gasteiger partial charge is 0.254 e. The molecule has 13 heavy (non-hydrogen) atoms. The molecule has 1 aliphatic rings. The van der Waals surface area contributed by atoms with Crippen LogP contribution in [0.25, 0.3) is 0 Å². The number of aryl methyl sites for hydroxylation is 1. The van der Waals surface area contributed by atoms with Gasteiger partial charge in [-0.25, -0.2) is 0 Å². The van der Waals surface area contributed by atoms with Gasteiger partial charge in [0.2, 0.25) is 0 Å². The molecule has 2 nitrogen and oxygen atoms in total. The topological polar surface area (TPSA) is 20.1 Å². The van der Waals surface area contributed by atoms with Crippen LogP contribution in [0.15, 0.2) is 18.2 Å². The summed E-state index contributed by atoms with van der Waals surface area (Å²) in [6.07, 6.45) is 0. The molecule has 1 amide bonds. The first-order chi connectivity index (χ1) is 6.20. The van der Waals surface area contributed by atoms with E-state index in [0.717, 1.165) is 24.2 Å². The fourth-order valence-corrected chi connectivity index (χ4v) is 1.41. The molecule has 0 unspecified atom stereocenters. The molecule has 1 aromatic rings. The Morgan fingerprint density at radius 2 is 2.00 bits per heavy atom. The molecule has 1 fully saturated rings. The van der Waals surface area contributed by atoms with Crippen LogP contribution in [0.4, 0.5) is 0 Å². The standard InChI is InChI=1S/C11H13NO/c1-8-4-3-5-10(9(8)2)11(13)12-6-7-12/h3-5H,6-7H2,1-2H3. The van der Waals surface area contributed by atoms with Gasteiger partial charge in [0.05, 0.1) is 0 Å². The van der Waals surface area contributed by atoms with Gasteiger partial charge in [0.25, 0.3) is 5.91 Å². The van der Waals surface area contributed by atoms with Gasteiger partial charge in [-0.1, -0.05) is 12.1 Å². The second-order valence-corrected chi connectivity index (χ2v) is 3.54. The maximum atomic E-state index is 11.7. The molecule has 2 heteroatoms. The molecule has 0 atom stereocenters. The Morgan fingerprint density at radius 1 is 1.31 bits per heavy atom. The minimum Gasteiger partial charge on any atom is -0.335 e. The Labute approximate surface area is 78.2 Å². The fraction of sp³-hybridized carbons (Fsp3) is 0.364. The summed E-state index contributed by atoms with van der Waals surface area (Å²) in [5, 5.41) is 0. The second kappa shape index (κ2) is 2.87. The highest BCUT2D eigenvalue weighted by Crippen LogP contribution is 2.17. The highest BCUT2D eigenvalue weighted by molar-refractivity contribution is 5.97. The predicted octanol–water partition coefficient (Wildman–Crippen LogP) is 1.76. The summed E-state index contributed by atoms with van der Waals surface area (Å²) >= 11 is 0. The lowest BCUT2D eigenvalue weighted by molar-refractivity contribution is 0.0885. The predicted molar refractivity (Wildman–Crippen MR) is 51.8 cm³/mol. The molecular weight excluding hydrogens is 162 g/mol. The highest BCUT2D eigenvalue weighted by Gasteiger charge is 2.26. The third-order valence-electron chi connectivity index (χ3n) is 2.57. The summed E-state index contributed by atoms with van der Waals surface area (Å²) in [4.78, 5) is 13.6. The lowest BCUT2D eigenvalue weighted by Crippen LogP contribution is -2.12. The summed E-state index contributed by atoms with van der Waals surface area (Å²) < 4.78 is 0. The Morgan fingerprint density at radius 3 is 2.62 bits per heavy atom. The van der Waals surface area contributed by atoms with E-state index >= 15 is 0 Å². The molecule has 0 saturated carbocycles. The lowest BCUT2D eigenvalue weighted by Gasteiger charge is -2.07. The van der Waals surface area contributed by atoms with Gasteiger partial charge >= 0.3 is 0 Å². The largest absolute Gasteiger partial charge is 0.335 e. The zero-order valence-electron chi connectivity index (χ0n) is 8.00. The number of amides is 1. The van der Waals surface area contributed by atoms with E-state index in [-0.39, 0.29) is 5.91 Å². The minimum atomic E-state index is 0.182. The van der Waals surface area contributed by atoms with Crippen LogP contribution in [-0.2, 0) is 0 Å². The van der Waals surface area contributed by atoms with Crippen molar-refractivity contribution in [3.63, 3.8) is 0 Å². The van der Waals surface area contributed by atoms with E-state index in [1.54, 1.807) is 0 Å². The van der Waals surface area contributed by atoms with E-state index in [0.29, 0.717) is 0 Å². The Kier molecular flexibility index (Phi) is 1.83. The maximum absolute atomic E-state index is 11.7. The van der Waals surface area contributed by atoms with Crippen molar-refractivity contribution in [2.24, 2.45) is 0 Å². The van der Waals surface area contributed by atoms with Crippen molar-refractivity contribution in [1.29, 1.82) is 0 Å². The first-order valence-electron chi connectivity index (χ1n) is 4.55. The van der Waals surface area contributed by atoms with Crippen LogP contribution in [-0.4, -0.2) is 23.9 Å². The Balaban J connectivity index is 2.38. The molecule has 0 N–H and O–H groups in total. The minimum absolute atomic E-state index is 0.182. The summed E-state index contributed by atoms with van der Waals surface area (Å²) in [6.45, 7) is 5.89. The first kappa shape index (κ1) is 8.30. The number of rotatable bonds is 1. The van der Waals surface area contributed by atoms with E-state index in [1.807, 2.05) is 36.9 Å².